The lowest BCUT2D eigenvalue weighted by Crippen LogP contribution is -2.41. The highest BCUT2D eigenvalue weighted by molar-refractivity contribution is 5.52. The molecule has 0 N–H and O–H groups in total. The Kier molecular flexibility index (Phi) is 3.35. The van der Waals surface area contributed by atoms with Gasteiger partial charge in [-0.1, -0.05) is 37.5 Å². The predicted octanol–water partition coefficient (Wildman–Crippen LogP) is 5.02. The second-order valence-corrected chi connectivity index (χ2v) is 7.10. The van der Waals surface area contributed by atoms with Crippen molar-refractivity contribution in [2.45, 2.75) is 64.8 Å². The van der Waals surface area contributed by atoms with Crippen molar-refractivity contribution in [2.24, 2.45) is 0 Å². The maximum atomic E-state index is 8.82. The van der Waals surface area contributed by atoms with Crippen LogP contribution < -0.4 is 4.57 Å². The maximum Gasteiger partial charge on any atom is 0.265 e. The van der Waals surface area contributed by atoms with E-state index < -0.39 is 6.02 Å². The summed E-state index contributed by atoms with van der Waals surface area (Å²) in [5.41, 5.74) is 5.03. The van der Waals surface area contributed by atoms with Crippen LogP contribution in [0.2, 0.25) is 0 Å². The zero-order valence-corrected chi connectivity index (χ0v) is 14.5. The van der Waals surface area contributed by atoms with E-state index in [9.17, 15) is 0 Å². The second kappa shape index (κ2) is 5.67. The standard InChI is InChI=1S/C21H27N2/c1-15-9-7-8-12-19(15)23-17(3)20-14-13-16(2)22(20)21(23)18-10-5-4-6-11-18/h7-9,12-14,16,18H,4-6,10-11H2,1-3H3/q+1/i16D. The number of imidazole rings is 1. The summed E-state index contributed by atoms with van der Waals surface area (Å²) in [6.45, 7) is 6.40. The average molecular weight is 308 g/mol. The molecule has 1 aliphatic heterocycles. The Bertz CT molecular complexity index is 807. The highest BCUT2D eigenvalue weighted by atomic mass is 15.2. The third-order valence-electron chi connectivity index (χ3n) is 5.57. The molecule has 2 aliphatic rings. The predicted molar refractivity (Wildman–Crippen MR) is 95.0 cm³/mol. The van der Waals surface area contributed by atoms with Gasteiger partial charge in [0, 0.05) is 6.92 Å². The zero-order valence-electron chi connectivity index (χ0n) is 15.5. The van der Waals surface area contributed by atoms with Crippen LogP contribution in [-0.2, 0) is 0 Å². The number of rotatable bonds is 2. The Hall–Kier alpha value is -1.83. The van der Waals surface area contributed by atoms with Crippen LogP contribution in [0.1, 0.15) is 75.1 Å². The SMILES string of the molecule is [2H]C1(C)C=Cc2c(C)n(-c3ccccc3C)c(C3CCCCC3)[n+]21. The average Bonchev–Trinajstić information content (AvgIpc) is 3.05. The summed E-state index contributed by atoms with van der Waals surface area (Å²) in [5.74, 6) is 1.88. The Morgan fingerprint density at radius 2 is 1.87 bits per heavy atom. The van der Waals surface area contributed by atoms with Gasteiger partial charge in [-0.3, -0.25) is 0 Å². The summed E-state index contributed by atoms with van der Waals surface area (Å²) in [7, 11) is 0. The van der Waals surface area contributed by atoms with Crippen LogP contribution in [0.4, 0.5) is 0 Å². The molecular formula is C21H27N2+. The van der Waals surface area contributed by atoms with E-state index in [0.717, 1.165) is 0 Å². The van der Waals surface area contributed by atoms with Crippen LogP contribution in [0.5, 0.6) is 0 Å². The van der Waals surface area contributed by atoms with E-state index in [0.29, 0.717) is 5.92 Å². The molecule has 4 rings (SSSR count). The van der Waals surface area contributed by atoms with Crippen molar-refractivity contribution in [1.82, 2.24) is 4.57 Å². The lowest BCUT2D eigenvalue weighted by Gasteiger charge is -2.21. The fourth-order valence-corrected chi connectivity index (χ4v) is 4.36. The van der Waals surface area contributed by atoms with Crippen LogP contribution >= 0.6 is 0 Å². The molecule has 0 spiro atoms. The number of hydrogen-bond donors (Lipinski definition) is 0. The van der Waals surface area contributed by atoms with Gasteiger partial charge >= 0.3 is 0 Å². The second-order valence-electron chi connectivity index (χ2n) is 7.10. The molecule has 2 aromatic rings. The fourth-order valence-electron chi connectivity index (χ4n) is 4.36. The van der Waals surface area contributed by atoms with Gasteiger partial charge in [0.1, 0.15) is 11.7 Å². The molecule has 2 heterocycles. The summed E-state index contributed by atoms with van der Waals surface area (Å²) in [6.07, 6.45) is 10.6. The molecule has 0 saturated heterocycles. The molecule has 2 heteroatoms. The summed E-state index contributed by atoms with van der Waals surface area (Å²) >= 11 is 0. The molecule has 120 valence electrons. The molecule has 1 saturated carbocycles. The first-order valence-electron chi connectivity index (χ1n) is 9.43. The van der Waals surface area contributed by atoms with Gasteiger partial charge in [-0.25, -0.2) is 4.57 Å². The van der Waals surface area contributed by atoms with Gasteiger partial charge in [-0.2, -0.15) is 4.57 Å². The van der Waals surface area contributed by atoms with Gasteiger partial charge < -0.3 is 0 Å². The summed E-state index contributed by atoms with van der Waals surface area (Å²) in [4.78, 5) is 0. The Labute approximate surface area is 140 Å². The minimum Gasteiger partial charge on any atom is -0.221 e. The number of aryl methyl sites for hydroxylation is 1. The number of aromatic nitrogens is 2. The summed E-state index contributed by atoms with van der Waals surface area (Å²) in [6, 6.07) is 7.95. The van der Waals surface area contributed by atoms with Crippen molar-refractivity contribution in [3.8, 4) is 5.69 Å². The maximum absolute atomic E-state index is 8.82. The van der Waals surface area contributed by atoms with Crippen molar-refractivity contribution in [3.05, 3.63) is 53.1 Å². The van der Waals surface area contributed by atoms with E-state index in [1.54, 1.807) is 0 Å². The molecule has 1 aromatic heterocycles. The van der Waals surface area contributed by atoms with Crippen LogP contribution in [0, 0.1) is 13.8 Å². The van der Waals surface area contributed by atoms with E-state index in [1.807, 2.05) is 13.0 Å². The normalized spacial score (nSPS) is 24.7. The van der Waals surface area contributed by atoms with Crippen LogP contribution in [0.3, 0.4) is 0 Å². The Morgan fingerprint density at radius 1 is 1.13 bits per heavy atom. The lowest BCUT2D eigenvalue weighted by molar-refractivity contribution is -0.714. The van der Waals surface area contributed by atoms with Crippen molar-refractivity contribution in [1.29, 1.82) is 0 Å². The molecular weight excluding hydrogens is 280 g/mol. The van der Waals surface area contributed by atoms with Crippen molar-refractivity contribution in [3.63, 3.8) is 0 Å². The smallest absolute Gasteiger partial charge is 0.221 e. The molecule has 1 atom stereocenters. The van der Waals surface area contributed by atoms with E-state index >= 15 is 0 Å². The van der Waals surface area contributed by atoms with Gasteiger partial charge in [-0.05, 0) is 50.5 Å². The quantitative estimate of drug-likeness (QED) is 0.689. The van der Waals surface area contributed by atoms with Gasteiger partial charge in [0.2, 0.25) is 0 Å². The van der Waals surface area contributed by atoms with Crippen molar-refractivity contribution in [2.75, 3.05) is 0 Å². The van der Waals surface area contributed by atoms with Gasteiger partial charge in [0.05, 0.1) is 7.29 Å². The topological polar surface area (TPSA) is 8.81 Å². The lowest BCUT2D eigenvalue weighted by atomic mass is 9.88. The van der Waals surface area contributed by atoms with E-state index in [4.69, 9.17) is 1.37 Å². The summed E-state index contributed by atoms with van der Waals surface area (Å²) in [5, 5.41) is 0. The Morgan fingerprint density at radius 3 is 2.61 bits per heavy atom. The number of para-hydroxylation sites is 1. The first-order valence-corrected chi connectivity index (χ1v) is 8.93. The van der Waals surface area contributed by atoms with Gasteiger partial charge in [0.25, 0.3) is 5.82 Å². The minimum atomic E-state index is -0.680. The molecule has 1 fully saturated rings. The van der Waals surface area contributed by atoms with Crippen molar-refractivity contribution < 1.29 is 5.94 Å². The van der Waals surface area contributed by atoms with Gasteiger partial charge in [0.15, 0.2) is 11.4 Å². The van der Waals surface area contributed by atoms with E-state index in [2.05, 4.69) is 53.3 Å². The third kappa shape index (κ3) is 2.27. The molecule has 2 nitrogen and oxygen atoms in total. The number of fused-ring (bicyclic) bond motifs is 1. The zero-order chi connectivity index (χ0) is 16.9. The molecule has 1 aromatic carbocycles. The van der Waals surface area contributed by atoms with Crippen LogP contribution in [-0.4, -0.2) is 4.57 Å². The van der Waals surface area contributed by atoms with E-state index in [-0.39, 0.29) is 0 Å². The molecule has 0 radical (unpaired) electrons. The number of hydrogen-bond acceptors (Lipinski definition) is 0. The number of allylic oxidation sites excluding steroid dienone is 1. The largest absolute Gasteiger partial charge is 0.265 e. The first-order chi connectivity index (χ1) is 11.5. The Balaban J connectivity index is 2.00. The monoisotopic (exact) mass is 308 g/mol. The molecule has 0 bridgehead atoms. The third-order valence-corrected chi connectivity index (χ3v) is 5.57. The van der Waals surface area contributed by atoms with Crippen LogP contribution in [0.25, 0.3) is 11.8 Å². The number of benzene rings is 1. The fraction of sp³-hybridized carbons (Fsp3) is 0.476. The highest BCUT2D eigenvalue weighted by Gasteiger charge is 2.38. The molecule has 23 heavy (non-hydrogen) atoms. The van der Waals surface area contributed by atoms with Gasteiger partial charge in [-0.15, -0.1) is 0 Å². The van der Waals surface area contributed by atoms with E-state index in [1.165, 1.54) is 60.6 Å². The summed E-state index contributed by atoms with van der Waals surface area (Å²) < 4.78 is 13.5. The van der Waals surface area contributed by atoms with Crippen LogP contribution in [0.15, 0.2) is 30.3 Å². The van der Waals surface area contributed by atoms with Crippen molar-refractivity contribution >= 4 is 6.08 Å². The molecule has 1 aliphatic carbocycles. The number of nitrogens with zero attached hydrogens (tertiary/aromatic N) is 2. The highest BCUT2D eigenvalue weighted by Crippen LogP contribution is 2.36. The molecule has 0 amide bonds. The minimum absolute atomic E-state index is 0.551. The molecule has 1 unspecified atom stereocenters. The first kappa shape index (κ1) is 13.6.